The van der Waals surface area contributed by atoms with Gasteiger partial charge in [0, 0.05) is 0 Å². The number of para-hydroxylation sites is 1. The van der Waals surface area contributed by atoms with Gasteiger partial charge in [0.25, 0.3) is 0 Å². The Morgan fingerprint density at radius 3 is 2.50 bits per heavy atom. The van der Waals surface area contributed by atoms with Crippen LogP contribution < -0.4 is 4.74 Å². The van der Waals surface area contributed by atoms with Gasteiger partial charge in [-0.3, -0.25) is 0 Å². The zero-order valence-corrected chi connectivity index (χ0v) is 8.97. The molecule has 2 rings (SSSR count). The lowest BCUT2D eigenvalue weighted by Crippen LogP contribution is -1.90. The molecule has 0 saturated heterocycles. The van der Waals surface area contributed by atoms with E-state index >= 15 is 0 Å². The number of hydrogen-bond acceptors (Lipinski definition) is 3. The Bertz CT molecular complexity index is 403. The van der Waals surface area contributed by atoms with Crippen molar-refractivity contribution in [2.24, 2.45) is 0 Å². The topological polar surface area (TPSA) is 22.1 Å². The van der Waals surface area contributed by atoms with Crippen LogP contribution in [0, 0.1) is 13.8 Å². The highest BCUT2D eigenvalue weighted by Crippen LogP contribution is 2.27. The van der Waals surface area contributed by atoms with Gasteiger partial charge in [-0.15, -0.1) is 11.3 Å². The Morgan fingerprint density at radius 1 is 1.21 bits per heavy atom. The maximum atomic E-state index is 5.68. The molecular formula is C11H11NOS. The van der Waals surface area contributed by atoms with Gasteiger partial charge in [-0.05, 0) is 25.0 Å². The Kier molecular flexibility index (Phi) is 2.50. The predicted molar refractivity (Wildman–Crippen MR) is 58.1 cm³/mol. The summed E-state index contributed by atoms with van der Waals surface area (Å²) in [5, 5.41) is 1.89. The van der Waals surface area contributed by atoms with Crippen molar-refractivity contribution in [3.8, 4) is 11.6 Å². The number of nitrogens with zero attached hydrogens (tertiary/aromatic N) is 1. The third-order valence-electron chi connectivity index (χ3n) is 2.03. The third-order valence-corrected chi connectivity index (χ3v) is 2.59. The summed E-state index contributed by atoms with van der Waals surface area (Å²) in [6, 6.07) is 6.10. The van der Waals surface area contributed by atoms with Gasteiger partial charge < -0.3 is 4.74 Å². The molecule has 0 saturated carbocycles. The van der Waals surface area contributed by atoms with Crippen LogP contribution in [0.2, 0.25) is 0 Å². The van der Waals surface area contributed by atoms with Gasteiger partial charge in [0.15, 0.2) is 0 Å². The van der Waals surface area contributed by atoms with Crippen LogP contribution in [-0.2, 0) is 0 Å². The monoisotopic (exact) mass is 205 g/mol. The average molecular weight is 205 g/mol. The standard InChI is InChI=1S/C11H11NOS/c1-8-4-3-5-9(2)11(8)13-10-6-14-7-12-10/h3-7H,1-2H3. The van der Waals surface area contributed by atoms with Crippen molar-refractivity contribution in [1.82, 2.24) is 4.98 Å². The van der Waals surface area contributed by atoms with E-state index in [9.17, 15) is 0 Å². The second kappa shape index (κ2) is 3.80. The minimum absolute atomic E-state index is 0.674. The fourth-order valence-corrected chi connectivity index (χ4v) is 1.77. The molecule has 3 heteroatoms. The summed E-state index contributed by atoms with van der Waals surface area (Å²) in [6.45, 7) is 4.07. The zero-order chi connectivity index (χ0) is 9.97. The minimum Gasteiger partial charge on any atom is -0.438 e. The van der Waals surface area contributed by atoms with Crippen molar-refractivity contribution in [2.45, 2.75) is 13.8 Å². The van der Waals surface area contributed by atoms with Crippen molar-refractivity contribution in [1.29, 1.82) is 0 Å². The van der Waals surface area contributed by atoms with Gasteiger partial charge >= 0.3 is 0 Å². The zero-order valence-electron chi connectivity index (χ0n) is 8.15. The molecule has 0 N–H and O–H groups in total. The number of aromatic nitrogens is 1. The molecule has 1 aromatic carbocycles. The van der Waals surface area contributed by atoms with Crippen LogP contribution in [0.5, 0.6) is 11.6 Å². The first kappa shape index (κ1) is 9.21. The van der Waals surface area contributed by atoms with Gasteiger partial charge in [0.2, 0.25) is 5.88 Å². The third kappa shape index (κ3) is 1.77. The smallest absolute Gasteiger partial charge is 0.230 e. The first-order valence-corrected chi connectivity index (χ1v) is 5.34. The summed E-state index contributed by atoms with van der Waals surface area (Å²) in [4.78, 5) is 4.09. The van der Waals surface area contributed by atoms with Crippen LogP contribution in [0.1, 0.15) is 11.1 Å². The molecule has 14 heavy (non-hydrogen) atoms. The van der Waals surface area contributed by atoms with Gasteiger partial charge in [-0.1, -0.05) is 18.2 Å². The molecule has 0 amide bonds. The first-order chi connectivity index (χ1) is 6.77. The summed E-state index contributed by atoms with van der Waals surface area (Å²) < 4.78 is 5.68. The number of aryl methyl sites for hydroxylation is 2. The Morgan fingerprint density at radius 2 is 1.93 bits per heavy atom. The van der Waals surface area contributed by atoms with E-state index in [1.165, 1.54) is 11.3 Å². The number of benzene rings is 1. The average Bonchev–Trinajstić information content (AvgIpc) is 2.64. The molecule has 0 fully saturated rings. The molecule has 0 aliphatic rings. The van der Waals surface area contributed by atoms with E-state index in [1.54, 1.807) is 5.51 Å². The highest BCUT2D eigenvalue weighted by molar-refractivity contribution is 7.07. The first-order valence-electron chi connectivity index (χ1n) is 4.39. The second-order valence-electron chi connectivity index (χ2n) is 3.15. The van der Waals surface area contributed by atoms with Crippen molar-refractivity contribution < 1.29 is 4.74 Å². The molecule has 0 bridgehead atoms. The van der Waals surface area contributed by atoms with Crippen LogP contribution in [0.3, 0.4) is 0 Å². The quantitative estimate of drug-likeness (QED) is 0.748. The molecule has 2 nitrogen and oxygen atoms in total. The van der Waals surface area contributed by atoms with Crippen LogP contribution in [-0.4, -0.2) is 4.98 Å². The Labute approximate surface area is 87.2 Å². The fourth-order valence-electron chi connectivity index (χ4n) is 1.32. The molecular weight excluding hydrogens is 194 g/mol. The van der Waals surface area contributed by atoms with Gasteiger partial charge in [-0.2, -0.15) is 0 Å². The minimum atomic E-state index is 0.674. The van der Waals surface area contributed by atoms with Crippen LogP contribution in [0.15, 0.2) is 29.1 Å². The maximum Gasteiger partial charge on any atom is 0.230 e. The summed E-state index contributed by atoms with van der Waals surface area (Å²) in [5.41, 5.74) is 4.04. The highest BCUT2D eigenvalue weighted by Gasteiger charge is 2.05. The van der Waals surface area contributed by atoms with Crippen LogP contribution in [0.25, 0.3) is 0 Å². The van der Waals surface area contributed by atoms with Gasteiger partial charge in [0.1, 0.15) is 5.75 Å². The van der Waals surface area contributed by atoms with Crippen molar-refractivity contribution in [2.75, 3.05) is 0 Å². The molecule has 72 valence electrons. The molecule has 0 unspecified atom stereocenters. The molecule has 0 radical (unpaired) electrons. The number of hydrogen-bond donors (Lipinski definition) is 0. The summed E-state index contributed by atoms with van der Waals surface area (Å²) >= 11 is 1.53. The van der Waals surface area contributed by atoms with E-state index in [-0.39, 0.29) is 0 Å². The molecule has 2 aromatic rings. The lowest BCUT2D eigenvalue weighted by Gasteiger charge is -2.08. The molecule has 0 aliphatic carbocycles. The van der Waals surface area contributed by atoms with E-state index in [0.717, 1.165) is 16.9 Å². The number of rotatable bonds is 2. The largest absolute Gasteiger partial charge is 0.438 e. The predicted octanol–water partition coefficient (Wildman–Crippen LogP) is 3.55. The van der Waals surface area contributed by atoms with Crippen LogP contribution in [0.4, 0.5) is 0 Å². The summed E-state index contributed by atoms with van der Waals surface area (Å²) in [6.07, 6.45) is 0. The van der Waals surface area contributed by atoms with Crippen molar-refractivity contribution in [3.63, 3.8) is 0 Å². The Hall–Kier alpha value is -1.35. The summed E-state index contributed by atoms with van der Waals surface area (Å²) in [5.74, 6) is 1.59. The Balaban J connectivity index is 2.33. The van der Waals surface area contributed by atoms with E-state index in [2.05, 4.69) is 4.98 Å². The fraction of sp³-hybridized carbons (Fsp3) is 0.182. The van der Waals surface area contributed by atoms with E-state index < -0.39 is 0 Å². The van der Waals surface area contributed by atoms with E-state index in [1.807, 2.05) is 37.4 Å². The van der Waals surface area contributed by atoms with Crippen molar-refractivity contribution >= 4 is 11.3 Å². The van der Waals surface area contributed by atoms with Gasteiger partial charge in [-0.25, -0.2) is 4.98 Å². The molecule has 0 spiro atoms. The molecule has 1 aromatic heterocycles. The normalized spacial score (nSPS) is 10.1. The highest BCUT2D eigenvalue weighted by atomic mass is 32.1. The summed E-state index contributed by atoms with van der Waals surface area (Å²) in [7, 11) is 0. The number of thiazole rings is 1. The maximum absolute atomic E-state index is 5.68. The van der Waals surface area contributed by atoms with E-state index in [4.69, 9.17) is 4.74 Å². The molecule has 1 heterocycles. The van der Waals surface area contributed by atoms with E-state index in [0.29, 0.717) is 5.88 Å². The molecule has 0 atom stereocenters. The lowest BCUT2D eigenvalue weighted by molar-refractivity contribution is 0.459. The van der Waals surface area contributed by atoms with Crippen molar-refractivity contribution in [3.05, 3.63) is 40.2 Å². The van der Waals surface area contributed by atoms with Crippen LogP contribution >= 0.6 is 11.3 Å². The lowest BCUT2D eigenvalue weighted by atomic mass is 10.1. The second-order valence-corrected chi connectivity index (χ2v) is 3.87. The number of ether oxygens (including phenoxy) is 1. The SMILES string of the molecule is Cc1cccc(C)c1Oc1cscn1. The molecule has 0 aliphatic heterocycles. The van der Waals surface area contributed by atoms with Gasteiger partial charge in [0.05, 0.1) is 10.9 Å².